The van der Waals surface area contributed by atoms with Crippen molar-refractivity contribution in [2.75, 3.05) is 49.6 Å². The van der Waals surface area contributed by atoms with Crippen LogP contribution in [0.25, 0.3) is 16.7 Å². The molecule has 8 heterocycles. The van der Waals surface area contributed by atoms with Gasteiger partial charge in [-0.15, -0.1) is 0 Å². The first-order valence-electron chi connectivity index (χ1n) is 23.3. The molecule has 2 saturated carbocycles. The third-order valence-corrected chi connectivity index (χ3v) is 15.1. The number of benzene rings is 1. The lowest BCUT2D eigenvalue weighted by atomic mass is 9.71. The maximum atomic E-state index is 14.3. The minimum Gasteiger partial charge on any atom is -0.378 e. The normalized spacial score (nSPS) is 27.6. The van der Waals surface area contributed by atoms with Crippen LogP contribution in [-0.4, -0.2) is 114 Å². The van der Waals surface area contributed by atoms with E-state index in [4.69, 9.17) is 14.5 Å². The highest BCUT2D eigenvalue weighted by Gasteiger charge is 2.40. The first-order valence-corrected chi connectivity index (χ1v) is 23.3. The third kappa shape index (κ3) is 7.92. The molecule has 1 unspecified atom stereocenters. The minimum absolute atomic E-state index is 0.00353. The molecule has 65 heavy (non-hydrogen) atoms. The second-order valence-electron chi connectivity index (χ2n) is 19.2. The number of hydrogen-bond acceptors (Lipinski definition) is 11. The summed E-state index contributed by atoms with van der Waals surface area (Å²) in [7, 11) is 1.76. The summed E-state index contributed by atoms with van der Waals surface area (Å²) >= 11 is 0. The molecule has 3 atom stereocenters. The number of amides is 3. The second-order valence-corrected chi connectivity index (χ2v) is 19.2. The number of carbonyl (C=O) groups is 3. The average molecular weight is 896 g/mol. The lowest BCUT2D eigenvalue weighted by Gasteiger charge is -2.39. The van der Waals surface area contributed by atoms with Gasteiger partial charge < -0.3 is 24.6 Å². The summed E-state index contributed by atoms with van der Waals surface area (Å²) in [5, 5.41) is 13.7. The van der Waals surface area contributed by atoms with Crippen LogP contribution in [0.15, 0.2) is 47.7 Å². The third-order valence-electron chi connectivity index (χ3n) is 15.1. The Balaban J connectivity index is 0.636. The van der Waals surface area contributed by atoms with Crippen LogP contribution in [0.3, 0.4) is 0 Å². The van der Waals surface area contributed by atoms with Gasteiger partial charge in [0, 0.05) is 58.6 Å². The zero-order valence-corrected chi connectivity index (χ0v) is 36.5. The fraction of sp³-hybridized carbons (Fsp3) is 0.587. The first kappa shape index (κ1) is 42.1. The Kier molecular flexibility index (Phi) is 11.0. The van der Waals surface area contributed by atoms with Crippen molar-refractivity contribution in [1.29, 1.82) is 0 Å². The second kappa shape index (κ2) is 17.0. The van der Waals surface area contributed by atoms with Gasteiger partial charge in [0.25, 0.3) is 12.3 Å². The highest BCUT2D eigenvalue weighted by Crippen LogP contribution is 2.45. The molecule has 17 nitrogen and oxygen atoms in total. The average Bonchev–Trinajstić information content (AvgIpc) is 4.14. The van der Waals surface area contributed by atoms with Crippen LogP contribution in [0.4, 0.5) is 20.3 Å². The number of piperidine rings is 2. The van der Waals surface area contributed by atoms with Gasteiger partial charge in [-0.25, -0.2) is 23.1 Å². The molecule has 0 spiro atoms. The van der Waals surface area contributed by atoms with Crippen LogP contribution in [-0.2, 0) is 26.1 Å². The van der Waals surface area contributed by atoms with Crippen LogP contribution in [0.2, 0.25) is 0 Å². The molecule has 2 N–H and O–H groups in total. The van der Waals surface area contributed by atoms with E-state index in [0.29, 0.717) is 36.4 Å². The Hall–Kier alpha value is -5.53. The SMILES string of the molecule is Cn1c(=O)n(C2CCC(=O)NC2=O)c2cccc(C3CC(COC4CCN(CC5CCC(n6cc(NC(=O)c7cnn8ccc(N9C[C@H]%10C[C@@H]9CO%10)nc78)c(C(F)F)n6)CC5)CC4)C3)c21. The van der Waals surface area contributed by atoms with Crippen molar-refractivity contribution in [3.63, 3.8) is 0 Å². The van der Waals surface area contributed by atoms with Crippen molar-refractivity contribution in [3.05, 3.63) is 70.2 Å². The van der Waals surface area contributed by atoms with Gasteiger partial charge in [-0.2, -0.15) is 10.2 Å². The van der Waals surface area contributed by atoms with Crippen molar-refractivity contribution >= 4 is 45.9 Å². The van der Waals surface area contributed by atoms with Gasteiger partial charge in [0.2, 0.25) is 11.8 Å². The smallest absolute Gasteiger partial charge is 0.329 e. The highest BCUT2D eigenvalue weighted by atomic mass is 19.3. The van der Waals surface area contributed by atoms with E-state index in [1.54, 1.807) is 33.3 Å². The summed E-state index contributed by atoms with van der Waals surface area (Å²) in [6, 6.07) is 7.32. The Morgan fingerprint density at radius 2 is 1.82 bits per heavy atom. The number of likely N-dealkylation sites (tertiary alicyclic amines) is 1. The van der Waals surface area contributed by atoms with Gasteiger partial charge >= 0.3 is 5.69 Å². The van der Waals surface area contributed by atoms with Crippen LogP contribution >= 0.6 is 0 Å². The zero-order chi connectivity index (χ0) is 44.5. The summed E-state index contributed by atoms with van der Waals surface area (Å²) in [4.78, 5) is 60.9. The number of aryl methyl sites for hydroxylation is 1. The van der Waals surface area contributed by atoms with Crippen molar-refractivity contribution in [1.82, 2.24) is 43.7 Å². The van der Waals surface area contributed by atoms with Gasteiger partial charge in [-0.05, 0) is 99.7 Å². The number of carbonyl (C=O) groups excluding carboxylic acids is 3. The van der Waals surface area contributed by atoms with Crippen molar-refractivity contribution in [3.8, 4) is 0 Å². The molecule has 19 heteroatoms. The number of nitrogens with one attached hydrogen (secondary N) is 2. The maximum Gasteiger partial charge on any atom is 0.329 e. The number of anilines is 2. The van der Waals surface area contributed by atoms with Crippen molar-refractivity contribution in [2.24, 2.45) is 18.9 Å². The number of alkyl halides is 2. The molecule has 2 aliphatic carbocycles. The number of aromatic nitrogens is 7. The Bertz CT molecular complexity index is 2690. The minimum atomic E-state index is -2.85. The predicted octanol–water partition coefficient (Wildman–Crippen LogP) is 5.13. The number of ether oxygens (including phenoxy) is 2. The standard InChI is InChI=1S/C46H55F2N11O6/c1-54-41-33(3-2-4-36(41)59(46(54)63)37-9-10-39(60)52-45(37)62)28-17-27(18-28)24-64-31-11-14-55(15-12-31)21-26-5-7-29(8-6-26)58-23-35(40(53-58)42(47)48)50-44(61)34-20-49-57-16-13-38(51-43(34)57)56-22-32-19-30(56)25-65-32/h2-4,13,16,20,23,26-32,37,42H,5-12,14-15,17-19,21-22,24-25H2,1H3,(H,50,61)(H,52,60,62)/t26?,27?,28?,29?,30-,32-,37?/m1/s1. The van der Waals surface area contributed by atoms with E-state index in [-0.39, 0.29) is 53.6 Å². The molecule has 4 aliphatic heterocycles. The first-order chi connectivity index (χ1) is 31.5. The summed E-state index contributed by atoms with van der Waals surface area (Å²) in [5.74, 6) is 0.717. The molecule has 2 bridgehead atoms. The number of para-hydroxylation sites is 1. The van der Waals surface area contributed by atoms with E-state index in [9.17, 15) is 28.0 Å². The van der Waals surface area contributed by atoms with Crippen molar-refractivity contribution in [2.45, 2.75) is 113 Å². The topological polar surface area (TPSA) is 175 Å². The van der Waals surface area contributed by atoms with Crippen LogP contribution in [0, 0.1) is 11.8 Å². The molecule has 4 saturated heterocycles. The van der Waals surface area contributed by atoms with E-state index in [1.807, 2.05) is 18.2 Å². The van der Waals surface area contributed by atoms with E-state index < -0.39 is 30.0 Å². The van der Waals surface area contributed by atoms with Crippen LogP contribution in [0.5, 0.6) is 0 Å². The Morgan fingerprint density at radius 1 is 1.00 bits per heavy atom. The van der Waals surface area contributed by atoms with Gasteiger partial charge in [-0.3, -0.25) is 33.5 Å². The lowest BCUT2D eigenvalue weighted by molar-refractivity contribution is -0.135. The van der Waals surface area contributed by atoms with E-state index in [2.05, 4.69) is 36.7 Å². The molecule has 6 aliphatic rings. The monoisotopic (exact) mass is 895 g/mol. The summed E-state index contributed by atoms with van der Waals surface area (Å²) in [6.45, 7) is 5.08. The Labute approximate surface area is 373 Å². The van der Waals surface area contributed by atoms with E-state index in [1.165, 1.54) is 10.7 Å². The predicted molar refractivity (Wildman–Crippen MR) is 234 cm³/mol. The number of halogens is 2. The van der Waals surface area contributed by atoms with Gasteiger partial charge in [0.1, 0.15) is 17.4 Å². The molecule has 6 fully saturated rings. The number of imidazole rings is 1. The van der Waals surface area contributed by atoms with E-state index in [0.717, 1.165) is 113 Å². The summed E-state index contributed by atoms with van der Waals surface area (Å²) in [6.07, 6.45) is 11.3. The molecule has 4 aromatic heterocycles. The molecule has 344 valence electrons. The quantitative estimate of drug-likeness (QED) is 0.159. The van der Waals surface area contributed by atoms with Crippen LogP contribution in [0.1, 0.15) is 117 Å². The number of imide groups is 1. The lowest BCUT2D eigenvalue weighted by Crippen LogP contribution is -2.44. The number of hydrogen-bond donors (Lipinski definition) is 2. The number of rotatable bonds is 12. The fourth-order valence-electron chi connectivity index (χ4n) is 11.5. The van der Waals surface area contributed by atoms with E-state index >= 15 is 0 Å². The molecule has 0 radical (unpaired) electrons. The zero-order valence-electron chi connectivity index (χ0n) is 36.5. The van der Waals surface area contributed by atoms with Crippen molar-refractivity contribution < 1.29 is 32.6 Å². The fourth-order valence-corrected chi connectivity index (χ4v) is 11.5. The summed E-state index contributed by atoms with van der Waals surface area (Å²) in [5.41, 5.74) is 2.59. The molecule has 1 aromatic carbocycles. The summed E-state index contributed by atoms with van der Waals surface area (Å²) < 4.78 is 47.2. The highest BCUT2D eigenvalue weighted by molar-refractivity contribution is 6.08. The molecule has 3 amide bonds. The van der Waals surface area contributed by atoms with Gasteiger partial charge in [-0.1, -0.05) is 12.1 Å². The molecular formula is C46H55F2N11O6. The number of fused-ring (bicyclic) bond motifs is 4. The molecule has 5 aromatic rings. The molecular weight excluding hydrogens is 841 g/mol. The number of morpholine rings is 1. The molecule has 11 rings (SSSR count). The largest absolute Gasteiger partial charge is 0.378 e. The Morgan fingerprint density at radius 3 is 2.55 bits per heavy atom. The maximum absolute atomic E-state index is 14.3. The number of nitrogens with zero attached hydrogens (tertiary/aromatic N) is 9. The van der Waals surface area contributed by atoms with Gasteiger partial charge in [0.15, 0.2) is 11.3 Å². The van der Waals surface area contributed by atoms with Crippen LogP contribution < -0.4 is 21.2 Å². The van der Waals surface area contributed by atoms with Gasteiger partial charge in [0.05, 0.1) is 53.8 Å².